The summed E-state index contributed by atoms with van der Waals surface area (Å²) in [6.45, 7) is 0. The number of aromatic nitrogens is 1. The molecule has 0 bridgehead atoms. The first kappa shape index (κ1) is 15.0. The number of rotatable bonds is 2. The number of hydrogen-bond donors (Lipinski definition) is 2. The smallest absolute Gasteiger partial charge is 0.234 e. The first-order valence-electron chi connectivity index (χ1n) is 7.83. The van der Waals surface area contributed by atoms with Crippen LogP contribution in [-0.4, -0.2) is 16.8 Å². The van der Waals surface area contributed by atoms with Crippen molar-refractivity contribution < 1.29 is 9.59 Å². The van der Waals surface area contributed by atoms with Gasteiger partial charge in [-0.15, -0.1) is 0 Å². The third-order valence-corrected chi connectivity index (χ3v) is 4.93. The van der Waals surface area contributed by atoms with E-state index in [1.165, 1.54) is 0 Å². The van der Waals surface area contributed by atoms with Gasteiger partial charge in [0.25, 0.3) is 0 Å². The van der Waals surface area contributed by atoms with E-state index in [2.05, 4.69) is 10.3 Å². The van der Waals surface area contributed by atoms with Crippen LogP contribution in [0.1, 0.15) is 24.3 Å². The molecule has 1 aliphatic heterocycles. The fourth-order valence-electron chi connectivity index (χ4n) is 3.25. The van der Waals surface area contributed by atoms with E-state index in [1.54, 1.807) is 0 Å². The molecule has 0 radical (unpaired) electrons. The van der Waals surface area contributed by atoms with E-state index in [0.29, 0.717) is 17.9 Å². The van der Waals surface area contributed by atoms with Crippen LogP contribution in [0, 0.1) is 0 Å². The lowest BCUT2D eigenvalue weighted by Crippen LogP contribution is -2.39. The lowest BCUT2D eigenvalue weighted by atomic mass is 9.88. The number of carbonyl (C=O) groups is 2. The Hall–Kier alpha value is -2.59. The van der Waals surface area contributed by atoms with E-state index >= 15 is 0 Å². The number of imide groups is 1. The standard InChI is InChI=1S/C19H15ClN2O2/c20-18-13(12-5-4-11-8-9-21-16(11)10-12)2-1-3-14(18)15-6-7-17(23)22-19(15)24/h1-5,8-10,15,21H,6-7H2,(H,22,23,24). The van der Waals surface area contributed by atoms with Crippen molar-refractivity contribution in [3.63, 3.8) is 0 Å². The molecule has 1 fully saturated rings. The minimum Gasteiger partial charge on any atom is -0.361 e. The van der Waals surface area contributed by atoms with Crippen molar-refractivity contribution in [1.82, 2.24) is 10.3 Å². The predicted octanol–water partition coefficient (Wildman–Crippen LogP) is 4.01. The minimum absolute atomic E-state index is 0.222. The van der Waals surface area contributed by atoms with Crippen LogP contribution in [0.3, 0.4) is 0 Å². The number of piperidine rings is 1. The molecule has 0 aliphatic carbocycles. The van der Waals surface area contributed by atoms with Crippen LogP contribution in [0.2, 0.25) is 5.02 Å². The quantitative estimate of drug-likeness (QED) is 0.693. The molecule has 2 amide bonds. The summed E-state index contributed by atoms with van der Waals surface area (Å²) in [5.41, 5.74) is 3.68. The number of amides is 2. The van der Waals surface area contributed by atoms with E-state index in [-0.39, 0.29) is 17.7 Å². The van der Waals surface area contributed by atoms with Gasteiger partial charge in [0.2, 0.25) is 11.8 Å². The van der Waals surface area contributed by atoms with E-state index in [4.69, 9.17) is 11.6 Å². The molecule has 120 valence electrons. The summed E-state index contributed by atoms with van der Waals surface area (Å²) in [5.74, 6) is -0.879. The molecule has 5 heteroatoms. The van der Waals surface area contributed by atoms with Gasteiger partial charge in [0, 0.05) is 23.7 Å². The fraction of sp³-hybridized carbons (Fsp3) is 0.158. The van der Waals surface area contributed by atoms with Gasteiger partial charge in [-0.05, 0) is 35.1 Å². The molecule has 2 aromatic carbocycles. The van der Waals surface area contributed by atoms with Crippen LogP contribution in [0.25, 0.3) is 22.0 Å². The Kier molecular flexibility index (Phi) is 3.62. The van der Waals surface area contributed by atoms with Gasteiger partial charge in [-0.2, -0.15) is 0 Å². The maximum absolute atomic E-state index is 12.1. The summed E-state index contributed by atoms with van der Waals surface area (Å²) in [4.78, 5) is 26.7. The van der Waals surface area contributed by atoms with Gasteiger partial charge < -0.3 is 4.98 Å². The van der Waals surface area contributed by atoms with E-state index < -0.39 is 0 Å². The molecule has 1 atom stereocenters. The van der Waals surface area contributed by atoms with Crippen LogP contribution >= 0.6 is 11.6 Å². The van der Waals surface area contributed by atoms with Crippen molar-refractivity contribution in [2.75, 3.05) is 0 Å². The van der Waals surface area contributed by atoms with Gasteiger partial charge >= 0.3 is 0 Å². The Balaban J connectivity index is 1.77. The lowest BCUT2D eigenvalue weighted by Gasteiger charge is -2.23. The van der Waals surface area contributed by atoms with Crippen LogP contribution in [-0.2, 0) is 9.59 Å². The first-order chi connectivity index (χ1) is 11.6. The molecule has 1 aromatic heterocycles. The lowest BCUT2D eigenvalue weighted by molar-refractivity contribution is -0.134. The van der Waals surface area contributed by atoms with Gasteiger partial charge in [0.15, 0.2) is 0 Å². The molecule has 0 saturated carbocycles. The average Bonchev–Trinajstić information content (AvgIpc) is 3.03. The Morgan fingerprint density at radius 2 is 1.96 bits per heavy atom. The minimum atomic E-state index is -0.385. The maximum atomic E-state index is 12.1. The Labute approximate surface area is 143 Å². The molecule has 1 unspecified atom stereocenters. The Morgan fingerprint density at radius 1 is 1.08 bits per heavy atom. The summed E-state index contributed by atoms with van der Waals surface area (Å²) >= 11 is 6.63. The highest BCUT2D eigenvalue weighted by atomic mass is 35.5. The summed E-state index contributed by atoms with van der Waals surface area (Å²) in [7, 11) is 0. The second-order valence-electron chi connectivity index (χ2n) is 5.99. The van der Waals surface area contributed by atoms with E-state index in [1.807, 2.05) is 48.7 Å². The topological polar surface area (TPSA) is 62.0 Å². The van der Waals surface area contributed by atoms with Gasteiger partial charge in [-0.1, -0.05) is 41.9 Å². The maximum Gasteiger partial charge on any atom is 0.234 e. The summed E-state index contributed by atoms with van der Waals surface area (Å²) < 4.78 is 0. The van der Waals surface area contributed by atoms with Crippen molar-refractivity contribution in [2.24, 2.45) is 0 Å². The second-order valence-corrected chi connectivity index (χ2v) is 6.37. The molecule has 4 rings (SSSR count). The second kappa shape index (κ2) is 5.80. The number of H-pyrrole nitrogens is 1. The van der Waals surface area contributed by atoms with Crippen molar-refractivity contribution in [3.8, 4) is 11.1 Å². The summed E-state index contributed by atoms with van der Waals surface area (Å²) in [6.07, 6.45) is 2.73. The molecule has 0 spiro atoms. The summed E-state index contributed by atoms with van der Waals surface area (Å²) in [5, 5.41) is 4.10. The summed E-state index contributed by atoms with van der Waals surface area (Å²) in [6, 6.07) is 13.8. The molecule has 2 heterocycles. The molecule has 24 heavy (non-hydrogen) atoms. The predicted molar refractivity (Wildman–Crippen MR) is 93.9 cm³/mol. The molecule has 4 nitrogen and oxygen atoms in total. The highest BCUT2D eigenvalue weighted by Gasteiger charge is 2.30. The number of fused-ring (bicyclic) bond motifs is 1. The van der Waals surface area contributed by atoms with Gasteiger partial charge in [0.1, 0.15) is 0 Å². The van der Waals surface area contributed by atoms with Crippen LogP contribution in [0.15, 0.2) is 48.7 Å². The third kappa shape index (κ3) is 2.49. The monoisotopic (exact) mass is 338 g/mol. The van der Waals surface area contributed by atoms with Crippen molar-refractivity contribution in [1.29, 1.82) is 0 Å². The number of halogens is 1. The Bertz CT molecular complexity index is 961. The number of aromatic amines is 1. The zero-order chi connectivity index (χ0) is 16.7. The number of benzene rings is 2. The zero-order valence-corrected chi connectivity index (χ0v) is 13.6. The molecule has 3 aromatic rings. The molecular formula is C19H15ClN2O2. The normalized spacial score (nSPS) is 18.0. The van der Waals surface area contributed by atoms with Gasteiger partial charge in [-0.3, -0.25) is 14.9 Å². The molecule has 2 N–H and O–H groups in total. The fourth-order valence-corrected chi connectivity index (χ4v) is 3.61. The molecule has 1 saturated heterocycles. The van der Waals surface area contributed by atoms with Crippen LogP contribution in [0.4, 0.5) is 0 Å². The SMILES string of the molecule is O=C1CCC(c2cccc(-c3ccc4cc[nH]c4c3)c2Cl)C(=O)N1. The van der Waals surface area contributed by atoms with E-state index in [0.717, 1.165) is 27.6 Å². The van der Waals surface area contributed by atoms with Gasteiger partial charge in [0.05, 0.1) is 10.9 Å². The number of hydrogen-bond acceptors (Lipinski definition) is 2. The largest absolute Gasteiger partial charge is 0.361 e. The number of carbonyl (C=O) groups excluding carboxylic acids is 2. The van der Waals surface area contributed by atoms with Crippen molar-refractivity contribution in [3.05, 3.63) is 59.2 Å². The Morgan fingerprint density at radius 3 is 2.79 bits per heavy atom. The van der Waals surface area contributed by atoms with Crippen LogP contribution in [0.5, 0.6) is 0 Å². The third-order valence-electron chi connectivity index (χ3n) is 4.51. The first-order valence-corrected chi connectivity index (χ1v) is 8.21. The van der Waals surface area contributed by atoms with Crippen molar-refractivity contribution >= 4 is 34.3 Å². The molecular weight excluding hydrogens is 324 g/mol. The van der Waals surface area contributed by atoms with Crippen molar-refractivity contribution in [2.45, 2.75) is 18.8 Å². The number of nitrogens with one attached hydrogen (secondary N) is 2. The van der Waals surface area contributed by atoms with Gasteiger partial charge in [-0.25, -0.2) is 0 Å². The van der Waals surface area contributed by atoms with E-state index in [9.17, 15) is 9.59 Å². The average molecular weight is 339 g/mol. The molecule has 1 aliphatic rings. The highest BCUT2D eigenvalue weighted by Crippen LogP contribution is 2.37. The highest BCUT2D eigenvalue weighted by molar-refractivity contribution is 6.34. The zero-order valence-electron chi connectivity index (χ0n) is 12.8. The van der Waals surface area contributed by atoms with Crippen LogP contribution < -0.4 is 5.32 Å².